The van der Waals surface area contributed by atoms with E-state index in [-0.39, 0.29) is 0 Å². The van der Waals surface area contributed by atoms with Gasteiger partial charge in [-0.15, -0.1) is 0 Å². The van der Waals surface area contributed by atoms with Gasteiger partial charge < -0.3 is 15.4 Å². The summed E-state index contributed by atoms with van der Waals surface area (Å²) in [5, 5.41) is 6.54. The van der Waals surface area contributed by atoms with Crippen LogP contribution in [0.15, 0.2) is 67.0 Å². The molecular weight excluding hydrogens is 340 g/mol. The van der Waals surface area contributed by atoms with Crippen LogP contribution in [-0.2, 0) is 6.54 Å². The molecule has 0 unspecified atom stereocenters. The second-order valence-corrected chi connectivity index (χ2v) is 5.82. The van der Waals surface area contributed by atoms with Crippen molar-refractivity contribution in [1.82, 2.24) is 19.9 Å². The Bertz CT molecular complexity index is 1040. The first-order valence-electron chi connectivity index (χ1n) is 8.49. The van der Waals surface area contributed by atoms with Gasteiger partial charge in [-0.1, -0.05) is 30.3 Å². The molecule has 0 bridgehead atoms. The fourth-order valence-corrected chi connectivity index (χ4v) is 2.63. The molecule has 0 atom stereocenters. The van der Waals surface area contributed by atoms with Crippen LogP contribution < -0.4 is 15.4 Å². The first-order valence-corrected chi connectivity index (χ1v) is 8.49. The van der Waals surface area contributed by atoms with Crippen molar-refractivity contribution in [2.45, 2.75) is 6.54 Å². The number of nitrogens with zero attached hydrogens (tertiary/aromatic N) is 4. The minimum Gasteiger partial charge on any atom is -0.497 e. The topological polar surface area (TPSA) is 84.9 Å². The van der Waals surface area contributed by atoms with Crippen LogP contribution in [0.4, 0.5) is 17.5 Å². The molecule has 7 heteroatoms. The Kier molecular flexibility index (Phi) is 4.74. The van der Waals surface area contributed by atoms with Crippen molar-refractivity contribution in [3.63, 3.8) is 0 Å². The fourth-order valence-electron chi connectivity index (χ4n) is 2.63. The molecule has 0 saturated heterocycles. The second-order valence-electron chi connectivity index (χ2n) is 5.82. The van der Waals surface area contributed by atoms with Crippen LogP contribution >= 0.6 is 0 Å². The molecule has 4 aromatic rings. The third kappa shape index (κ3) is 3.92. The lowest BCUT2D eigenvalue weighted by Crippen LogP contribution is -2.07. The summed E-state index contributed by atoms with van der Waals surface area (Å²) in [4.78, 5) is 17.7. The van der Waals surface area contributed by atoms with Gasteiger partial charge in [-0.3, -0.25) is 0 Å². The monoisotopic (exact) mass is 358 g/mol. The van der Waals surface area contributed by atoms with E-state index in [0.29, 0.717) is 29.5 Å². The maximum atomic E-state index is 5.18. The normalized spacial score (nSPS) is 10.6. The summed E-state index contributed by atoms with van der Waals surface area (Å²) in [5.41, 5.74) is 3.17. The molecule has 0 spiro atoms. The Labute approximate surface area is 156 Å². The fraction of sp³-hybridized carbons (Fsp3) is 0.100. The van der Waals surface area contributed by atoms with Gasteiger partial charge in [-0.05, 0) is 29.8 Å². The number of hydrogen-bond acceptors (Lipinski definition) is 7. The van der Waals surface area contributed by atoms with E-state index in [1.54, 1.807) is 19.5 Å². The van der Waals surface area contributed by atoms with E-state index in [2.05, 4.69) is 42.7 Å². The van der Waals surface area contributed by atoms with E-state index in [4.69, 9.17) is 4.74 Å². The van der Waals surface area contributed by atoms with Gasteiger partial charge in [0.05, 0.1) is 7.11 Å². The van der Waals surface area contributed by atoms with E-state index >= 15 is 0 Å². The molecular formula is C20H18N6O. The maximum Gasteiger partial charge on any atom is 0.231 e. The number of benzene rings is 2. The van der Waals surface area contributed by atoms with E-state index < -0.39 is 0 Å². The summed E-state index contributed by atoms with van der Waals surface area (Å²) < 4.78 is 5.18. The van der Waals surface area contributed by atoms with Gasteiger partial charge in [-0.2, -0.15) is 9.97 Å². The largest absolute Gasteiger partial charge is 0.497 e. The summed E-state index contributed by atoms with van der Waals surface area (Å²) in [6, 6.07) is 17.7. The molecule has 0 saturated carbocycles. The van der Waals surface area contributed by atoms with Crippen molar-refractivity contribution < 1.29 is 4.74 Å². The predicted octanol–water partition coefficient (Wildman–Crippen LogP) is 3.78. The van der Waals surface area contributed by atoms with E-state index in [0.717, 1.165) is 17.0 Å². The van der Waals surface area contributed by atoms with Gasteiger partial charge in [0, 0.05) is 24.6 Å². The Hall–Kier alpha value is -3.74. The van der Waals surface area contributed by atoms with Gasteiger partial charge in [-0.25, -0.2) is 9.97 Å². The standard InChI is InChI=1S/C20H18N6O/c1-27-16-9-7-15(8-10-16)24-20-25-18-17(21-11-12-22-18)19(26-20)23-13-14-5-3-2-4-6-14/h2-12H,13H2,1H3,(H2,22,23,24,25,26). The predicted molar refractivity (Wildman–Crippen MR) is 105 cm³/mol. The van der Waals surface area contributed by atoms with Crippen LogP contribution in [-0.4, -0.2) is 27.0 Å². The highest BCUT2D eigenvalue weighted by Crippen LogP contribution is 2.22. The molecule has 0 radical (unpaired) electrons. The van der Waals surface area contributed by atoms with Crippen molar-refractivity contribution >= 4 is 28.6 Å². The van der Waals surface area contributed by atoms with Crippen molar-refractivity contribution in [2.75, 3.05) is 17.7 Å². The van der Waals surface area contributed by atoms with E-state index in [9.17, 15) is 0 Å². The smallest absolute Gasteiger partial charge is 0.231 e. The number of rotatable bonds is 6. The first kappa shape index (κ1) is 16.7. The Morgan fingerprint density at radius 3 is 2.44 bits per heavy atom. The number of ether oxygens (including phenoxy) is 1. The van der Waals surface area contributed by atoms with Crippen LogP contribution in [0.3, 0.4) is 0 Å². The Morgan fingerprint density at radius 2 is 1.67 bits per heavy atom. The SMILES string of the molecule is COc1ccc(Nc2nc(NCc3ccccc3)c3nccnc3n2)cc1. The summed E-state index contributed by atoms with van der Waals surface area (Å²) in [6.45, 7) is 0.630. The highest BCUT2D eigenvalue weighted by Gasteiger charge is 2.10. The minimum atomic E-state index is 0.448. The third-order valence-corrected chi connectivity index (χ3v) is 3.98. The lowest BCUT2D eigenvalue weighted by molar-refractivity contribution is 0.415. The van der Waals surface area contributed by atoms with Crippen LogP contribution in [0.25, 0.3) is 11.2 Å². The molecule has 2 heterocycles. The van der Waals surface area contributed by atoms with Gasteiger partial charge in [0.25, 0.3) is 0 Å². The highest BCUT2D eigenvalue weighted by molar-refractivity contribution is 5.83. The van der Waals surface area contributed by atoms with Crippen LogP contribution in [0, 0.1) is 0 Å². The molecule has 134 valence electrons. The van der Waals surface area contributed by atoms with Crippen molar-refractivity contribution in [1.29, 1.82) is 0 Å². The van der Waals surface area contributed by atoms with Gasteiger partial charge in [0.15, 0.2) is 17.0 Å². The molecule has 2 N–H and O–H groups in total. The zero-order valence-electron chi connectivity index (χ0n) is 14.8. The molecule has 7 nitrogen and oxygen atoms in total. The number of hydrogen-bond donors (Lipinski definition) is 2. The molecule has 2 aromatic carbocycles. The molecule has 0 amide bonds. The summed E-state index contributed by atoms with van der Waals surface area (Å²) in [7, 11) is 1.64. The molecule has 0 aliphatic heterocycles. The van der Waals surface area contributed by atoms with Crippen LogP contribution in [0.2, 0.25) is 0 Å². The number of aromatic nitrogens is 4. The Balaban J connectivity index is 1.63. The van der Waals surface area contributed by atoms with E-state index in [1.807, 2.05) is 42.5 Å². The molecule has 27 heavy (non-hydrogen) atoms. The lowest BCUT2D eigenvalue weighted by atomic mass is 10.2. The average molecular weight is 358 g/mol. The van der Waals surface area contributed by atoms with Gasteiger partial charge in [0.2, 0.25) is 5.95 Å². The van der Waals surface area contributed by atoms with Crippen molar-refractivity contribution in [3.05, 3.63) is 72.6 Å². The zero-order valence-corrected chi connectivity index (χ0v) is 14.8. The second kappa shape index (κ2) is 7.65. The molecule has 0 fully saturated rings. The maximum absolute atomic E-state index is 5.18. The van der Waals surface area contributed by atoms with Gasteiger partial charge >= 0.3 is 0 Å². The van der Waals surface area contributed by atoms with Crippen molar-refractivity contribution in [3.8, 4) is 5.75 Å². The number of fused-ring (bicyclic) bond motifs is 1. The van der Waals surface area contributed by atoms with Crippen LogP contribution in [0.5, 0.6) is 5.75 Å². The van der Waals surface area contributed by atoms with Crippen molar-refractivity contribution in [2.24, 2.45) is 0 Å². The summed E-state index contributed by atoms with van der Waals surface area (Å²) >= 11 is 0. The third-order valence-electron chi connectivity index (χ3n) is 3.98. The van der Waals surface area contributed by atoms with E-state index in [1.165, 1.54) is 0 Å². The molecule has 0 aliphatic carbocycles. The quantitative estimate of drug-likeness (QED) is 0.542. The molecule has 2 aromatic heterocycles. The number of methoxy groups -OCH3 is 1. The molecule has 4 rings (SSSR count). The number of anilines is 3. The zero-order chi connectivity index (χ0) is 18.5. The summed E-state index contributed by atoms with van der Waals surface area (Å²) in [5.74, 6) is 1.87. The van der Waals surface area contributed by atoms with Gasteiger partial charge in [0.1, 0.15) is 5.75 Å². The molecule has 0 aliphatic rings. The number of nitrogens with one attached hydrogen (secondary N) is 2. The Morgan fingerprint density at radius 1 is 0.889 bits per heavy atom. The minimum absolute atomic E-state index is 0.448. The first-order chi connectivity index (χ1) is 13.3. The average Bonchev–Trinajstić information content (AvgIpc) is 2.73. The van der Waals surface area contributed by atoms with Crippen LogP contribution in [0.1, 0.15) is 5.56 Å². The lowest BCUT2D eigenvalue weighted by Gasteiger charge is -2.11. The summed E-state index contributed by atoms with van der Waals surface area (Å²) in [6.07, 6.45) is 3.25. The highest BCUT2D eigenvalue weighted by atomic mass is 16.5.